The highest BCUT2D eigenvalue weighted by molar-refractivity contribution is 6.43. The molecule has 172 valence electrons. The maximum absolute atomic E-state index is 9.97. The Morgan fingerprint density at radius 1 is 1.30 bits per heavy atom. The second-order valence-corrected chi connectivity index (χ2v) is 9.46. The van der Waals surface area contributed by atoms with Crippen LogP contribution in [0.2, 0.25) is 10.0 Å². The van der Waals surface area contributed by atoms with Gasteiger partial charge in [0.15, 0.2) is 17.2 Å². The SMILES string of the molecule is CC1OCC2(CCN(c3nc(C#N)c(-c4cccc(Cl)c4Cl)c4nnc(CO)n34)CC2)C1N. The van der Waals surface area contributed by atoms with E-state index in [1.54, 1.807) is 22.6 Å². The molecule has 0 saturated carbocycles. The van der Waals surface area contributed by atoms with Gasteiger partial charge >= 0.3 is 0 Å². The number of nitrogens with two attached hydrogens (primary N) is 1. The molecule has 2 aliphatic rings. The first-order chi connectivity index (χ1) is 15.9. The van der Waals surface area contributed by atoms with Crippen molar-refractivity contribution in [3.05, 3.63) is 39.8 Å². The third-order valence-electron chi connectivity index (χ3n) is 6.96. The van der Waals surface area contributed by atoms with Crippen LogP contribution >= 0.6 is 23.2 Å². The lowest BCUT2D eigenvalue weighted by molar-refractivity contribution is 0.0973. The quantitative estimate of drug-likeness (QED) is 0.577. The molecule has 2 aliphatic heterocycles. The molecule has 1 aromatic carbocycles. The van der Waals surface area contributed by atoms with Crippen molar-refractivity contribution in [3.8, 4) is 17.2 Å². The van der Waals surface area contributed by atoms with Crippen LogP contribution in [0.15, 0.2) is 18.2 Å². The Balaban J connectivity index is 1.62. The molecular formula is C22H23Cl2N7O2. The molecule has 4 heterocycles. The predicted octanol–water partition coefficient (Wildman–Crippen LogP) is 2.79. The van der Waals surface area contributed by atoms with Crippen molar-refractivity contribution in [2.24, 2.45) is 11.1 Å². The Hall–Kier alpha value is -2.48. The van der Waals surface area contributed by atoms with Crippen LogP contribution in [0.25, 0.3) is 16.8 Å². The van der Waals surface area contributed by atoms with Gasteiger partial charge in [-0.2, -0.15) is 5.26 Å². The summed E-state index contributed by atoms with van der Waals surface area (Å²) in [6, 6.07) is 7.33. The monoisotopic (exact) mass is 487 g/mol. The first kappa shape index (κ1) is 22.3. The van der Waals surface area contributed by atoms with Crippen LogP contribution in [-0.4, -0.2) is 56.5 Å². The number of hydrogen-bond donors (Lipinski definition) is 2. The van der Waals surface area contributed by atoms with E-state index in [-0.39, 0.29) is 29.9 Å². The number of anilines is 1. The fourth-order valence-corrected chi connectivity index (χ4v) is 5.36. The molecule has 0 bridgehead atoms. The smallest absolute Gasteiger partial charge is 0.214 e. The van der Waals surface area contributed by atoms with Gasteiger partial charge in [-0.3, -0.25) is 0 Å². The molecule has 2 fully saturated rings. The van der Waals surface area contributed by atoms with E-state index in [0.29, 0.717) is 58.3 Å². The number of fused-ring (bicyclic) bond motifs is 1. The van der Waals surface area contributed by atoms with Gasteiger partial charge in [0.25, 0.3) is 0 Å². The highest BCUT2D eigenvalue weighted by Gasteiger charge is 2.48. The van der Waals surface area contributed by atoms with E-state index < -0.39 is 0 Å². The minimum atomic E-state index is -0.335. The third-order valence-corrected chi connectivity index (χ3v) is 7.78. The number of piperidine rings is 1. The minimum Gasteiger partial charge on any atom is -0.388 e. The summed E-state index contributed by atoms with van der Waals surface area (Å²) >= 11 is 12.7. The topological polar surface area (TPSA) is 126 Å². The molecule has 0 amide bonds. The molecule has 5 rings (SSSR count). The number of nitrogens with zero attached hydrogens (tertiary/aromatic N) is 6. The molecule has 9 nitrogen and oxygen atoms in total. The molecule has 11 heteroatoms. The zero-order chi connectivity index (χ0) is 23.3. The van der Waals surface area contributed by atoms with Gasteiger partial charge in [-0.05, 0) is 25.8 Å². The Kier molecular flexibility index (Phi) is 5.67. The molecule has 2 atom stereocenters. The molecule has 33 heavy (non-hydrogen) atoms. The second kappa shape index (κ2) is 8.38. The lowest BCUT2D eigenvalue weighted by Crippen LogP contribution is -2.51. The molecule has 3 N–H and O–H groups in total. The molecular weight excluding hydrogens is 465 g/mol. The second-order valence-electron chi connectivity index (χ2n) is 8.67. The van der Waals surface area contributed by atoms with Crippen molar-refractivity contribution in [2.75, 3.05) is 24.6 Å². The van der Waals surface area contributed by atoms with E-state index in [1.165, 1.54) is 0 Å². The van der Waals surface area contributed by atoms with Gasteiger partial charge in [0, 0.05) is 30.1 Å². The molecule has 0 aliphatic carbocycles. The zero-order valence-corrected chi connectivity index (χ0v) is 19.5. The summed E-state index contributed by atoms with van der Waals surface area (Å²) < 4.78 is 7.53. The number of aliphatic hydroxyl groups is 1. The predicted molar refractivity (Wildman–Crippen MR) is 124 cm³/mol. The van der Waals surface area contributed by atoms with Crippen LogP contribution in [0, 0.1) is 16.7 Å². The maximum atomic E-state index is 9.97. The molecule has 2 aromatic heterocycles. The summed E-state index contributed by atoms with van der Waals surface area (Å²) in [5.74, 6) is 0.832. The number of hydrogen-bond acceptors (Lipinski definition) is 8. The van der Waals surface area contributed by atoms with Crippen LogP contribution in [-0.2, 0) is 11.3 Å². The van der Waals surface area contributed by atoms with Crippen molar-refractivity contribution in [1.29, 1.82) is 5.26 Å². The van der Waals surface area contributed by atoms with Gasteiger partial charge in [0.2, 0.25) is 5.95 Å². The lowest BCUT2D eigenvalue weighted by atomic mass is 9.73. The van der Waals surface area contributed by atoms with Crippen LogP contribution in [0.3, 0.4) is 0 Å². The number of rotatable bonds is 3. The Labute approximate surface area is 200 Å². The highest BCUT2D eigenvalue weighted by atomic mass is 35.5. The summed E-state index contributed by atoms with van der Waals surface area (Å²) in [5, 5.41) is 29.0. The minimum absolute atomic E-state index is 0.0161. The van der Waals surface area contributed by atoms with Crippen molar-refractivity contribution in [1.82, 2.24) is 19.6 Å². The Morgan fingerprint density at radius 3 is 2.70 bits per heavy atom. The average Bonchev–Trinajstić information content (AvgIpc) is 3.38. The first-order valence-corrected chi connectivity index (χ1v) is 11.5. The van der Waals surface area contributed by atoms with Gasteiger partial charge in [0.1, 0.15) is 12.7 Å². The Bertz CT molecular complexity index is 1260. The summed E-state index contributed by atoms with van der Waals surface area (Å²) in [6.45, 7) is 3.68. The van der Waals surface area contributed by atoms with Crippen molar-refractivity contribution < 1.29 is 9.84 Å². The molecule has 2 saturated heterocycles. The highest BCUT2D eigenvalue weighted by Crippen LogP contribution is 2.43. The molecule has 2 unspecified atom stereocenters. The summed E-state index contributed by atoms with van der Waals surface area (Å²) in [5.41, 5.74) is 7.91. The first-order valence-electron chi connectivity index (χ1n) is 10.8. The van der Waals surface area contributed by atoms with Gasteiger partial charge < -0.3 is 20.5 Å². The van der Waals surface area contributed by atoms with Crippen molar-refractivity contribution in [2.45, 2.75) is 38.5 Å². The summed E-state index contributed by atoms with van der Waals surface area (Å²) in [4.78, 5) is 6.78. The standard InChI is InChI=1S/C22H23Cl2N7O2/c1-12-19(26)22(11-33-12)5-7-30(8-6-22)21-27-15(9-25)17(13-3-2-4-14(23)18(13)24)20-29-28-16(10-32)31(20)21/h2-4,12,19,32H,5-8,10-11,26H2,1H3. The van der Waals surface area contributed by atoms with E-state index >= 15 is 0 Å². The fourth-order valence-electron chi connectivity index (χ4n) is 4.97. The largest absolute Gasteiger partial charge is 0.388 e. The molecule has 3 aromatic rings. The number of benzene rings is 1. The number of aliphatic hydroxyl groups excluding tert-OH is 1. The van der Waals surface area contributed by atoms with Gasteiger partial charge in [-0.25, -0.2) is 9.38 Å². The van der Waals surface area contributed by atoms with Gasteiger partial charge in [-0.1, -0.05) is 35.3 Å². The van der Waals surface area contributed by atoms with Crippen LogP contribution < -0.4 is 10.6 Å². The van der Waals surface area contributed by atoms with E-state index in [4.69, 9.17) is 38.7 Å². The van der Waals surface area contributed by atoms with E-state index in [1.807, 2.05) is 6.92 Å². The van der Waals surface area contributed by atoms with Crippen LogP contribution in [0.1, 0.15) is 31.3 Å². The normalized spacial score (nSPS) is 22.2. The summed E-state index contributed by atoms with van der Waals surface area (Å²) in [6.07, 6.45) is 1.71. The zero-order valence-electron chi connectivity index (χ0n) is 18.0. The number of nitriles is 1. The van der Waals surface area contributed by atoms with Gasteiger partial charge in [-0.15, -0.1) is 10.2 Å². The molecule has 1 spiro atoms. The molecule has 0 radical (unpaired) electrons. The third kappa shape index (κ3) is 3.45. The van der Waals surface area contributed by atoms with Crippen LogP contribution in [0.5, 0.6) is 0 Å². The number of ether oxygens (including phenoxy) is 1. The van der Waals surface area contributed by atoms with Crippen molar-refractivity contribution >= 4 is 34.8 Å². The van der Waals surface area contributed by atoms with Gasteiger partial charge in [0.05, 0.1) is 28.3 Å². The van der Waals surface area contributed by atoms with E-state index in [9.17, 15) is 10.4 Å². The maximum Gasteiger partial charge on any atom is 0.214 e. The van der Waals surface area contributed by atoms with E-state index in [2.05, 4.69) is 21.2 Å². The van der Waals surface area contributed by atoms with Crippen LogP contribution in [0.4, 0.5) is 5.95 Å². The Morgan fingerprint density at radius 2 is 2.06 bits per heavy atom. The summed E-state index contributed by atoms with van der Waals surface area (Å²) in [7, 11) is 0. The fraction of sp³-hybridized carbons (Fsp3) is 0.455. The number of aromatic nitrogens is 4. The lowest BCUT2D eigenvalue weighted by Gasteiger charge is -2.41. The average molecular weight is 488 g/mol. The van der Waals surface area contributed by atoms with Crippen molar-refractivity contribution in [3.63, 3.8) is 0 Å². The number of halogens is 2. The van der Waals surface area contributed by atoms with E-state index in [0.717, 1.165) is 12.8 Å².